The fraction of sp³-hybridized carbons (Fsp3) is 1.00. The zero-order chi connectivity index (χ0) is 10.9. The van der Waals surface area contributed by atoms with Crippen LogP contribution in [0.15, 0.2) is 0 Å². The van der Waals surface area contributed by atoms with Crippen LogP contribution in [0.2, 0.25) is 0 Å². The van der Waals surface area contributed by atoms with Crippen LogP contribution in [0.1, 0.15) is 6.92 Å². The SMILES string of the molecule is CCNS(=O)(=O)NCCNCCOC.Cl. The van der Waals surface area contributed by atoms with Gasteiger partial charge in [-0.1, -0.05) is 6.92 Å². The Morgan fingerprint density at radius 3 is 2.33 bits per heavy atom. The van der Waals surface area contributed by atoms with Gasteiger partial charge in [-0.2, -0.15) is 8.42 Å². The van der Waals surface area contributed by atoms with Gasteiger partial charge in [-0.15, -0.1) is 12.4 Å². The summed E-state index contributed by atoms with van der Waals surface area (Å²) in [6, 6.07) is 0. The van der Waals surface area contributed by atoms with E-state index in [9.17, 15) is 8.42 Å². The second kappa shape index (κ2) is 10.6. The molecule has 3 N–H and O–H groups in total. The van der Waals surface area contributed by atoms with Gasteiger partial charge in [0.05, 0.1) is 6.61 Å². The Kier molecular flexibility index (Phi) is 12.3. The Labute approximate surface area is 97.7 Å². The van der Waals surface area contributed by atoms with Gasteiger partial charge in [-0.25, -0.2) is 9.44 Å². The standard InChI is InChI=1S/C7H19N3O3S.ClH/c1-3-9-14(11,12)10-5-4-8-6-7-13-2;/h8-10H,3-7H2,1-2H3;1H. The first-order valence-corrected chi connectivity index (χ1v) is 6.04. The summed E-state index contributed by atoms with van der Waals surface area (Å²) < 4.78 is 31.6. The van der Waals surface area contributed by atoms with E-state index in [1.54, 1.807) is 14.0 Å². The molecule has 0 rings (SSSR count). The molecule has 0 amide bonds. The van der Waals surface area contributed by atoms with Crippen LogP contribution in [0.25, 0.3) is 0 Å². The van der Waals surface area contributed by atoms with Crippen LogP contribution in [0.4, 0.5) is 0 Å². The largest absolute Gasteiger partial charge is 0.383 e. The lowest BCUT2D eigenvalue weighted by Gasteiger charge is -2.07. The van der Waals surface area contributed by atoms with Gasteiger partial charge in [0, 0.05) is 33.3 Å². The summed E-state index contributed by atoms with van der Waals surface area (Å²) in [5.41, 5.74) is 0. The normalized spacial score (nSPS) is 11.1. The van der Waals surface area contributed by atoms with Crippen LogP contribution in [-0.2, 0) is 14.9 Å². The topological polar surface area (TPSA) is 79.5 Å². The summed E-state index contributed by atoms with van der Waals surface area (Å²) in [7, 11) is -1.68. The molecule has 6 nitrogen and oxygen atoms in total. The molecule has 0 spiro atoms. The van der Waals surface area contributed by atoms with Gasteiger partial charge in [-0.3, -0.25) is 0 Å². The Bertz CT molecular complexity index is 224. The minimum absolute atomic E-state index is 0. The van der Waals surface area contributed by atoms with E-state index in [0.29, 0.717) is 26.2 Å². The van der Waals surface area contributed by atoms with Gasteiger partial charge in [0.1, 0.15) is 0 Å². The lowest BCUT2D eigenvalue weighted by molar-refractivity contribution is 0.199. The molecular formula is C7H20ClN3O3S. The quantitative estimate of drug-likeness (QED) is 0.470. The van der Waals surface area contributed by atoms with E-state index in [1.807, 2.05) is 0 Å². The zero-order valence-corrected chi connectivity index (χ0v) is 10.7. The maximum absolute atomic E-state index is 11.0. The van der Waals surface area contributed by atoms with Crippen molar-refractivity contribution in [1.82, 2.24) is 14.8 Å². The zero-order valence-electron chi connectivity index (χ0n) is 9.08. The number of hydrogen-bond acceptors (Lipinski definition) is 4. The second-order valence-electron chi connectivity index (χ2n) is 2.64. The first kappa shape index (κ1) is 17.5. The van der Waals surface area contributed by atoms with Crippen LogP contribution in [0.3, 0.4) is 0 Å². The molecule has 0 heterocycles. The van der Waals surface area contributed by atoms with E-state index >= 15 is 0 Å². The summed E-state index contributed by atoms with van der Waals surface area (Å²) in [5, 5.41) is 3.02. The van der Waals surface area contributed by atoms with Crippen molar-refractivity contribution in [1.29, 1.82) is 0 Å². The minimum atomic E-state index is -3.30. The maximum atomic E-state index is 11.0. The molecule has 0 unspecified atom stereocenters. The van der Waals surface area contributed by atoms with Gasteiger partial charge in [-0.05, 0) is 0 Å². The van der Waals surface area contributed by atoms with Crippen LogP contribution < -0.4 is 14.8 Å². The van der Waals surface area contributed by atoms with E-state index < -0.39 is 10.2 Å². The number of halogens is 1. The third kappa shape index (κ3) is 12.0. The van der Waals surface area contributed by atoms with E-state index in [4.69, 9.17) is 4.74 Å². The van der Waals surface area contributed by atoms with Gasteiger partial charge in [0.25, 0.3) is 10.2 Å². The molecular weight excluding hydrogens is 242 g/mol. The molecule has 0 aromatic carbocycles. The molecule has 15 heavy (non-hydrogen) atoms. The predicted octanol–water partition coefficient (Wildman–Crippen LogP) is -0.912. The number of nitrogens with one attached hydrogen (secondary N) is 3. The molecule has 0 fully saturated rings. The molecule has 0 aliphatic carbocycles. The highest BCUT2D eigenvalue weighted by Gasteiger charge is 2.04. The minimum Gasteiger partial charge on any atom is -0.383 e. The fourth-order valence-electron chi connectivity index (χ4n) is 0.814. The summed E-state index contributed by atoms with van der Waals surface area (Å²) in [4.78, 5) is 0. The molecule has 0 aromatic heterocycles. The highest BCUT2D eigenvalue weighted by Crippen LogP contribution is 1.73. The lowest BCUT2D eigenvalue weighted by atomic mass is 10.6. The van der Waals surface area contributed by atoms with Crippen molar-refractivity contribution in [3.8, 4) is 0 Å². The smallest absolute Gasteiger partial charge is 0.276 e. The summed E-state index contributed by atoms with van der Waals surface area (Å²) in [6.07, 6.45) is 0. The van der Waals surface area contributed by atoms with Crippen LogP contribution in [0.5, 0.6) is 0 Å². The molecule has 0 bridgehead atoms. The fourth-order valence-corrected chi connectivity index (χ4v) is 1.67. The Morgan fingerprint density at radius 2 is 1.80 bits per heavy atom. The van der Waals surface area contributed by atoms with Crippen LogP contribution in [0, 0.1) is 0 Å². The number of ether oxygens (including phenoxy) is 1. The van der Waals surface area contributed by atoms with E-state index in [-0.39, 0.29) is 12.4 Å². The average molecular weight is 262 g/mol. The molecule has 0 saturated heterocycles. The first-order chi connectivity index (χ1) is 6.62. The monoisotopic (exact) mass is 261 g/mol. The summed E-state index contributed by atoms with van der Waals surface area (Å²) in [6.45, 7) is 4.44. The molecule has 8 heteroatoms. The van der Waals surface area contributed by atoms with Gasteiger partial charge in [0.15, 0.2) is 0 Å². The Morgan fingerprint density at radius 1 is 1.13 bits per heavy atom. The van der Waals surface area contributed by atoms with Crippen molar-refractivity contribution in [2.75, 3.05) is 39.9 Å². The molecule has 0 saturated carbocycles. The summed E-state index contributed by atoms with van der Waals surface area (Å²) in [5.74, 6) is 0. The van der Waals surface area contributed by atoms with E-state index in [2.05, 4.69) is 14.8 Å². The molecule has 0 aliphatic rings. The lowest BCUT2D eigenvalue weighted by Crippen LogP contribution is -2.40. The third-order valence-electron chi connectivity index (χ3n) is 1.41. The molecule has 0 aliphatic heterocycles. The molecule has 0 radical (unpaired) electrons. The number of methoxy groups -OCH3 is 1. The molecule has 0 aromatic rings. The predicted molar refractivity (Wildman–Crippen MR) is 62.6 cm³/mol. The van der Waals surface area contributed by atoms with Crippen LogP contribution in [-0.4, -0.2) is 48.3 Å². The van der Waals surface area contributed by atoms with Crippen molar-refractivity contribution in [2.45, 2.75) is 6.92 Å². The number of hydrogen-bond donors (Lipinski definition) is 3. The van der Waals surface area contributed by atoms with Crippen molar-refractivity contribution in [3.05, 3.63) is 0 Å². The van der Waals surface area contributed by atoms with Gasteiger partial charge < -0.3 is 10.1 Å². The number of rotatable bonds is 9. The van der Waals surface area contributed by atoms with Gasteiger partial charge >= 0.3 is 0 Å². The molecule has 0 atom stereocenters. The van der Waals surface area contributed by atoms with Crippen molar-refractivity contribution in [3.63, 3.8) is 0 Å². The van der Waals surface area contributed by atoms with E-state index in [0.717, 1.165) is 6.54 Å². The highest BCUT2D eigenvalue weighted by molar-refractivity contribution is 7.87. The van der Waals surface area contributed by atoms with Crippen molar-refractivity contribution < 1.29 is 13.2 Å². The average Bonchev–Trinajstić information content (AvgIpc) is 2.11. The second-order valence-corrected chi connectivity index (χ2v) is 4.22. The Balaban J connectivity index is 0. The highest BCUT2D eigenvalue weighted by atomic mass is 35.5. The first-order valence-electron chi connectivity index (χ1n) is 4.56. The maximum Gasteiger partial charge on any atom is 0.276 e. The third-order valence-corrected chi connectivity index (χ3v) is 2.66. The van der Waals surface area contributed by atoms with Gasteiger partial charge in [0.2, 0.25) is 0 Å². The van der Waals surface area contributed by atoms with E-state index in [1.165, 1.54) is 0 Å². The van der Waals surface area contributed by atoms with Crippen molar-refractivity contribution in [2.24, 2.45) is 0 Å². The van der Waals surface area contributed by atoms with Crippen molar-refractivity contribution >= 4 is 22.6 Å². The molecule has 94 valence electrons. The Hall–Kier alpha value is 0.0800. The summed E-state index contributed by atoms with van der Waals surface area (Å²) >= 11 is 0. The van der Waals surface area contributed by atoms with Crippen LogP contribution >= 0.6 is 12.4 Å².